The lowest BCUT2D eigenvalue weighted by atomic mass is 10.1. The van der Waals surface area contributed by atoms with Crippen LogP contribution in [0.2, 0.25) is 5.02 Å². The van der Waals surface area contributed by atoms with Gasteiger partial charge in [-0.05, 0) is 30.2 Å². The first-order valence-electron chi connectivity index (χ1n) is 5.81. The number of hydrogen-bond acceptors (Lipinski definition) is 2. The van der Waals surface area contributed by atoms with E-state index in [0.29, 0.717) is 5.92 Å². The van der Waals surface area contributed by atoms with Crippen molar-refractivity contribution in [1.29, 1.82) is 0 Å². The summed E-state index contributed by atoms with van der Waals surface area (Å²) < 4.78 is 5.64. The number of fused-ring (bicyclic) bond motifs is 1. The smallest absolute Gasteiger partial charge is 0.127 e. The van der Waals surface area contributed by atoms with Gasteiger partial charge in [-0.3, -0.25) is 0 Å². The van der Waals surface area contributed by atoms with Gasteiger partial charge in [0.1, 0.15) is 5.75 Å². The quantitative estimate of drug-likeness (QED) is 0.872. The lowest BCUT2D eigenvalue weighted by Gasteiger charge is -2.11. The Bertz CT molecular complexity index is 376. The molecule has 0 amide bonds. The van der Waals surface area contributed by atoms with E-state index in [-0.39, 0.29) is 0 Å². The maximum absolute atomic E-state index is 6.09. The van der Waals surface area contributed by atoms with Crippen LogP contribution in [0.25, 0.3) is 0 Å². The Morgan fingerprint density at radius 1 is 1.44 bits per heavy atom. The van der Waals surface area contributed by atoms with Gasteiger partial charge in [-0.2, -0.15) is 0 Å². The lowest BCUT2D eigenvalue weighted by molar-refractivity contribution is 0.352. The molecule has 0 fully saturated rings. The number of nitrogens with one attached hydrogen (secondary N) is 1. The Morgan fingerprint density at radius 3 is 3.00 bits per heavy atom. The van der Waals surface area contributed by atoms with Gasteiger partial charge >= 0.3 is 0 Å². The molecule has 0 saturated carbocycles. The zero-order chi connectivity index (χ0) is 11.5. The van der Waals surface area contributed by atoms with Crippen molar-refractivity contribution < 1.29 is 4.74 Å². The van der Waals surface area contributed by atoms with E-state index in [1.54, 1.807) is 0 Å². The van der Waals surface area contributed by atoms with Crippen molar-refractivity contribution in [3.8, 4) is 5.75 Å². The molecule has 1 aromatic rings. The molecule has 0 aromatic heterocycles. The van der Waals surface area contributed by atoms with Gasteiger partial charge in [0, 0.05) is 23.6 Å². The summed E-state index contributed by atoms with van der Waals surface area (Å²) in [4.78, 5) is 0. The second kappa shape index (κ2) is 5.07. The normalized spacial score (nSPS) is 14.0. The molecule has 0 atom stereocenters. The predicted molar refractivity (Wildman–Crippen MR) is 67.2 cm³/mol. The van der Waals surface area contributed by atoms with Crippen LogP contribution in [0.4, 0.5) is 0 Å². The zero-order valence-corrected chi connectivity index (χ0v) is 10.6. The van der Waals surface area contributed by atoms with Crippen molar-refractivity contribution in [2.24, 2.45) is 5.92 Å². The molecule has 3 heteroatoms. The summed E-state index contributed by atoms with van der Waals surface area (Å²) in [5.41, 5.74) is 2.43. The first kappa shape index (κ1) is 11.7. The molecule has 0 radical (unpaired) electrons. The van der Waals surface area contributed by atoms with Crippen LogP contribution >= 0.6 is 11.6 Å². The third-order valence-electron chi connectivity index (χ3n) is 2.69. The Labute approximate surface area is 102 Å². The van der Waals surface area contributed by atoms with E-state index in [0.717, 1.165) is 36.9 Å². The van der Waals surface area contributed by atoms with E-state index < -0.39 is 0 Å². The molecule has 2 nitrogen and oxygen atoms in total. The monoisotopic (exact) mass is 239 g/mol. The van der Waals surface area contributed by atoms with E-state index in [1.165, 1.54) is 11.1 Å². The van der Waals surface area contributed by atoms with Crippen molar-refractivity contribution in [3.63, 3.8) is 0 Å². The molecule has 1 aromatic carbocycles. The second-order valence-corrected chi connectivity index (χ2v) is 5.11. The van der Waals surface area contributed by atoms with E-state index in [1.807, 2.05) is 12.1 Å². The third kappa shape index (κ3) is 2.69. The second-order valence-electron chi connectivity index (χ2n) is 4.68. The fraction of sp³-hybridized carbons (Fsp3) is 0.538. The van der Waals surface area contributed by atoms with Crippen molar-refractivity contribution in [2.45, 2.75) is 26.8 Å². The molecule has 2 rings (SSSR count). The van der Waals surface area contributed by atoms with Crippen LogP contribution < -0.4 is 10.1 Å². The molecule has 0 spiro atoms. The first-order valence-corrected chi connectivity index (χ1v) is 6.19. The standard InChI is InChI=1S/C13H18ClNO/c1-9(2)7-15-8-11-6-12(14)5-10-3-4-16-13(10)11/h5-6,9,15H,3-4,7-8H2,1-2H3. The first-order chi connectivity index (χ1) is 7.66. The van der Waals surface area contributed by atoms with Gasteiger partial charge < -0.3 is 10.1 Å². The topological polar surface area (TPSA) is 21.3 Å². The number of halogens is 1. The van der Waals surface area contributed by atoms with E-state index in [9.17, 15) is 0 Å². The highest BCUT2D eigenvalue weighted by Crippen LogP contribution is 2.32. The van der Waals surface area contributed by atoms with Gasteiger partial charge in [-0.15, -0.1) is 0 Å². The Morgan fingerprint density at radius 2 is 2.25 bits per heavy atom. The van der Waals surface area contributed by atoms with Gasteiger partial charge in [0.25, 0.3) is 0 Å². The van der Waals surface area contributed by atoms with Crippen molar-refractivity contribution in [1.82, 2.24) is 5.32 Å². The molecule has 1 aliphatic heterocycles. The number of benzene rings is 1. The van der Waals surface area contributed by atoms with Crippen LogP contribution in [0.15, 0.2) is 12.1 Å². The Hall–Kier alpha value is -0.730. The van der Waals surface area contributed by atoms with Crippen LogP contribution in [-0.2, 0) is 13.0 Å². The highest BCUT2D eigenvalue weighted by Gasteiger charge is 2.17. The molecule has 1 heterocycles. The summed E-state index contributed by atoms with van der Waals surface area (Å²) in [7, 11) is 0. The fourth-order valence-corrected chi connectivity index (χ4v) is 2.24. The Kier molecular flexibility index (Phi) is 3.72. The van der Waals surface area contributed by atoms with Crippen molar-refractivity contribution >= 4 is 11.6 Å². The minimum absolute atomic E-state index is 0.660. The SMILES string of the molecule is CC(C)CNCc1cc(Cl)cc2c1OCC2. The lowest BCUT2D eigenvalue weighted by Crippen LogP contribution is -2.19. The van der Waals surface area contributed by atoms with Gasteiger partial charge in [0.2, 0.25) is 0 Å². The molecular formula is C13H18ClNO. The van der Waals surface area contributed by atoms with Crippen LogP contribution in [0.5, 0.6) is 5.75 Å². The minimum Gasteiger partial charge on any atom is -0.493 e. The van der Waals surface area contributed by atoms with Gasteiger partial charge in [0.15, 0.2) is 0 Å². The van der Waals surface area contributed by atoms with Crippen LogP contribution in [0.3, 0.4) is 0 Å². The number of hydrogen-bond donors (Lipinski definition) is 1. The summed E-state index contributed by atoms with van der Waals surface area (Å²) in [6.45, 7) is 7.03. The molecule has 16 heavy (non-hydrogen) atoms. The molecule has 0 aliphatic carbocycles. The summed E-state index contributed by atoms with van der Waals surface area (Å²) in [5.74, 6) is 1.70. The van der Waals surface area contributed by atoms with E-state index in [4.69, 9.17) is 16.3 Å². The molecule has 1 N–H and O–H groups in total. The van der Waals surface area contributed by atoms with Crippen molar-refractivity contribution in [3.05, 3.63) is 28.3 Å². The summed E-state index contributed by atoms with van der Waals surface area (Å²) in [5, 5.41) is 4.23. The maximum Gasteiger partial charge on any atom is 0.127 e. The molecule has 0 unspecified atom stereocenters. The predicted octanol–water partition coefficient (Wildman–Crippen LogP) is 3.02. The highest BCUT2D eigenvalue weighted by molar-refractivity contribution is 6.30. The van der Waals surface area contributed by atoms with Gasteiger partial charge in [-0.1, -0.05) is 25.4 Å². The largest absolute Gasteiger partial charge is 0.493 e. The molecular weight excluding hydrogens is 222 g/mol. The molecule has 88 valence electrons. The summed E-state index contributed by atoms with van der Waals surface area (Å²) in [6.07, 6.45) is 0.979. The average molecular weight is 240 g/mol. The highest BCUT2D eigenvalue weighted by atomic mass is 35.5. The zero-order valence-electron chi connectivity index (χ0n) is 9.85. The number of ether oxygens (including phenoxy) is 1. The molecule has 0 saturated heterocycles. The van der Waals surface area contributed by atoms with Gasteiger partial charge in [-0.25, -0.2) is 0 Å². The number of rotatable bonds is 4. The van der Waals surface area contributed by atoms with Crippen molar-refractivity contribution in [2.75, 3.05) is 13.2 Å². The molecule has 1 aliphatic rings. The summed E-state index contributed by atoms with van der Waals surface area (Å²) in [6, 6.07) is 4.01. The average Bonchev–Trinajstić information content (AvgIpc) is 2.64. The van der Waals surface area contributed by atoms with Crippen LogP contribution in [-0.4, -0.2) is 13.2 Å². The van der Waals surface area contributed by atoms with Crippen LogP contribution in [0, 0.1) is 5.92 Å². The Balaban J connectivity index is 2.08. The fourth-order valence-electron chi connectivity index (χ4n) is 1.97. The van der Waals surface area contributed by atoms with E-state index in [2.05, 4.69) is 19.2 Å². The van der Waals surface area contributed by atoms with E-state index >= 15 is 0 Å². The van der Waals surface area contributed by atoms with Crippen LogP contribution in [0.1, 0.15) is 25.0 Å². The molecule has 0 bridgehead atoms. The van der Waals surface area contributed by atoms with Gasteiger partial charge in [0.05, 0.1) is 6.61 Å². The third-order valence-corrected chi connectivity index (χ3v) is 2.91. The minimum atomic E-state index is 0.660. The maximum atomic E-state index is 6.09. The summed E-state index contributed by atoms with van der Waals surface area (Å²) >= 11 is 6.09.